The number of hydrogen-bond acceptors (Lipinski definition) is 5. The molecule has 0 bridgehead atoms. The van der Waals surface area contributed by atoms with Gasteiger partial charge in [-0.05, 0) is 24.1 Å². The van der Waals surface area contributed by atoms with E-state index in [1.807, 2.05) is 12.1 Å². The summed E-state index contributed by atoms with van der Waals surface area (Å²) in [4.78, 5) is 11.6. The molecule has 130 valence electrons. The Labute approximate surface area is 147 Å². The highest BCUT2D eigenvalue weighted by molar-refractivity contribution is 6.32. The van der Waals surface area contributed by atoms with E-state index in [-0.39, 0.29) is 24.9 Å². The summed E-state index contributed by atoms with van der Waals surface area (Å²) >= 11 is 6.17. The van der Waals surface area contributed by atoms with E-state index >= 15 is 0 Å². The van der Waals surface area contributed by atoms with Gasteiger partial charge in [-0.3, -0.25) is 4.79 Å². The van der Waals surface area contributed by atoms with Crippen LogP contribution in [0.3, 0.4) is 0 Å². The van der Waals surface area contributed by atoms with Crippen LogP contribution in [0.2, 0.25) is 5.02 Å². The maximum atomic E-state index is 11.6. The number of fused-ring (bicyclic) bond motifs is 1. The third-order valence-corrected chi connectivity index (χ3v) is 3.44. The van der Waals surface area contributed by atoms with Crippen LogP contribution in [0.25, 0.3) is 0 Å². The van der Waals surface area contributed by atoms with Crippen LogP contribution in [0.5, 0.6) is 11.5 Å². The molecular weight excluding hydrogens is 343 g/mol. The minimum atomic E-state index is -0.0419. The number of amides is 1. The molecule has 0 fully saturated rings. The maximum Gasteiger partial charge on any atom is 0.233 e. The first-order chi connectivity index (χ1) is 10.7. The molecule has 1 aliphatic heterocycles. The zero-order valence-corrected chi connectivity index (χ0v) is 14.6. The fraction of sp³-hybridized carbons (Fsp3) is 0.533. The van der Waals surface area contributed by atoms with Gasteiger partial charge in [0, 0.05) is 20.2 Å². The van der Waals surface area contributed by atoms with Gasteiger partial charge in [-0.25, -0.2) is 0 Å². The zero-order chi connectivity index (χ0) is 15.8. The van der Waals surface area contributed by atoms with Crippen molar-refractivity contribution in [3.8, 4) is 11.5 Å². The van der Waals surface area contributed by atoms with Crippen molar-refractivity contribution in [1.82, 2.24) is 10.6 Å². The molecule has 2 rings (SSSR count). The van der Waals surface area contributed by atoms with E-state index in [2.05, 4.69) is 10.6 Å². The van der Waals surface area contributed by atoms with Crippen LogP contribution in [-0.2, 0) is 16.0 Å². The zero-order valence-electron chi connectivity index (χ0n) is 13.0. The fourth-order valence-electron chi connectivity index (χ4n) is 2.09. The number of methoxy groups -OCH3 is 1. The number of halogens is 2. The van der Waals surface area contributed by atoms with E-state index in [4.69, 9.17) is 25.8 Å². The molecule has 0 spiro atoms. The lowest BCUT2D eigenvalue weighted by Crippen LogP contribution is -2.36. The first-order valence-corrected chi connectivity index (χ1v) is 7.63. The predicted octanol–water partition coefficient (Wildman–Crippen LogP) is 1.43. The summed E-state index contributed by atoms with van der Waals surface area (Å²) < 4.78 is 15.9. The number of rotatable bonds is 8. The van der Waals surface area contributed by atoms with Crippen LogP contribution < -0.4 is 20.1 Å². The summed E-state index contributed by atoms with van der Waals surface area (Å²) in [5.74, 6) is 1.23. The molecule has 1 heterocycles. The Morgan fingerprint density at radius 3 is 2.87 bits per heavy atom. The van der Waals surface area contributed by atoms with Crippen LogP contribution in [0, 0.1) is 0 Å². The van der Waals surface area contributed by atoms with Gasteiger partial charge in [-0.15, -0.1) is 12.4 Å². The summed E-state index contributed by atoms with van der Waals surface area (Å²) in [5.41, 5.74) is 1.00. The van der Waals surface area contributed by atoms with Gasteiger partial charge < -0.3 is 24.8 Å². The van der Waals surface area contributed by atoms with Gasteiger partial charge in [0.25, 0.3) is 0 Å². The van der Waals surface area contributed by atoms with E-state index in [0.717, 1.165) is 5.56 Å². The first-order valence-electron chi connectivity index (χ1n) is 7.25. The van der Waals surface area contributed by atoms with E-state index < -0.39 is 0 Å². The molecule has 0 atom stereocenters. The molecule has 0 saturated heterocycles. The highest BCUT2D eigenvalue weighted by atomic mass is 35.5. The van der Waals surface area contributed by atoms with E-state index in [1.165, 1.54) is 0 Å². The highest BCUT2D eigenvalue weighted by Crippen LogP contribution is 2.38. The summed E-state index contributed by atoms with van der Waals surface area (Å²) in [7, 11) is 1.63. The predicted molar refractivity (Wildman–Crippen MR) is 91.1 cm³/mol. The Morgan fingerprint density at radius 1 is 1.30 bits per heavy atom. The van der Waals surface area contributed by atoms with Gasteiger partial charge in [0.15, 0.2) is 11.5 Å². The van der Waals surface area contributed by atoms with Crippen LogP contribution in [-0.4, -0.2) is 52.5 Å². The maximum absolute atomic E-state index is 11.6. The molecule has 0 saturated carbocycles. The van der Waals surface area contributed by atoms with Crippen molar-refractivity contribution in [2.24, 2.45) is 0 Å². The molecular formula is C15H22Cl2N2O4. The van der Waals surface area contributed by atoms with Gasteiger partial charge in [0.2, 0.25) is 5.91 Å². The molecule has 23 heavy (non-hydrogen) atoms. The van der Waals surface area contributed by atoms with Crippen molar-refractivity contribution >= 4 is 29.9 Å². The van der Waals surface area contributed by atoms with Crippen molar-refractivity contribution in [2.75, 3.05) is 46.6 Å². The van der Waals surface area contributed by atoms with Crippen molar-refractivity contribution in [1.29, 1.82) is 0 Å². The van der Waals surface area contributed by atoms with Gasteiger partial charge >= 0.3 is 0 Å². The van der Waals surface area contributed by atoms with Crippen molar-refractivity contribution in [3.05, 3.63) is 22.7 Å². The Morgan fingerprint density at radius 2 is 2.09 bits per heavy atom. The lowest BCUT2D eigenvalue weighted by molar-refractivity contribution is -0.120. The first kappa shape index (κ1) is 19.8. The van der Waals surface area contributed by atoms with Crippen molar-refractivity contribution < 1.29 is 19.0 Å². The number of carbonyl (C=O) groups is 1. The fourth-order valence-corrected chi connectivity index (χ4v) is 2.38. The SMILES string of the molecule is COCCNCC(=O)NCCc1cc(Cl)c2c(c1)OCCO2.Cl. The minimum absolute atomic E-state index is 0. The molecule has 0 aliphatic carbocycles. The average molecular weight is 365 g/mol. The van der Waals surface area contributed by atoms with Crippen molar-refractivity contribution in [3.63, 3.8) is 0 Å². The molecule has 1 aliphatic rings. The smallest absolute Gasteiger partial charge is 0.233 e. The highest BCUT2D eigenvalue weighted by Gasteiger charge is 2.16. The molecule has 8 heteroatoms. The van der Waals surface area contributed by atoms with Gasteiger partial charge in [0.1, 0.15) is 13.2 Å². The standard InChI is InChI=1S/C15H21ClN2O4.ClH/c1-20-5-4-17-10-14(19)18-3-2-11-8-12(16)15-13(9-11)21-6-7-22-15;/h8-9,17H,2-7,10H2,1H3,(H,18,19);1H. The molecule has 0 unspecified atom stereocenters. The lowest BCUT2D eigenvalue weighted by atomic mass is 10.1. The molecule has 6 nitrogen and oxygen atoms in total. The Balaban J connectivity index is 0.00000264. The van der Waals surface area contributed by atoms with Crippen molar-refractivity contribution in [2.45, 2.75) is 6.42 Å². The molecule has 1 aromatic rings. The van der Waals surface area contributed by atoms with E-state index in [0.29, 0.717) is 55.9 Å². The molecule has 2 N–H and O–H groups in total. The second-order valence-electron chi connectivity index (χ2n) is 4.87. The third kappa shape index (κ3) is 6.43. The summed E-state index contributed by atoms with van der Waals surface area (Å²) in [6, 6.07) is 3.75. The normalized spacial score (nSPS) is 12.4. The summed E-state index contributed by atoms with van der Waals surface area (Å²) in [6.07, 6.45) is 0.681. The van der Waals surface area contributed by atoms with Gasteiger partial charge in [-0.2, -0.15) is 0 Å². The van der Waals surface area contributed by atoms with Gasteiger partial charge in [0.05, 0.1) is 18.2 Å². The monoisotopic (exact) mass is 364 g/mol. The summed E-state index contributed by atoms with van der Waals surface area (Å²) in [6.45, 7) is 3.10. The molecule has 0 aromatic heterocycles. The average Bonchev–Trinajstić information content (AvgIpc) is 2.52. The van der Waals surface area contributed by atoms with Crippen LogP contribution in [0.1, 0.15) is 5.56 Å². The number of benzene rings is 1. The molecule has 1 amide bonds. The molecule has 1 aromatic carbocycles. The number of carbonyl (C=O) groups excluding carboxylic acids is 1. The Kier molecular flexibility index (Phi) is 9.09. The second kappa shape index (κ2) is 10.5. The van der Waals surface area contributed by atoms with Crippen LogP contribution in [0.15, 0.2) is 12.1 Å². The third-order valence-electron chi connectivity index (χ3n) is 3.16. The van der Waals surface area contributed by atoms with Crippen LogP contribution >= 0.6 is 24.0 Å². The number of nitrogens with one attached hydrogen (secondary N) is 2. The Hall–Kier alpha value is -1.21. The van der Waals surface area contributed by atoms with Gasteiger partial charge in [-0.1, -0.05) is 11.6 Å². The Bertz CT molecular complexity index is 514. The lowest BCUT2D eigenvalue weighted by Gasteiger charge is -2.20. The quantitative estimate of drug-likeness (QED) is 0.683. The van der Waals surface area contributed by atoms with E-state index in [9.17, 15) is 4.79 Å². The molecule has 0 radical (unpaired) electrons. The minimum Gasteiger partial charge on any atom is -0.486 e. The number of hydrogen-bond donors (Lipinski definition) is 2. The van der Waals surface area contributed by atoms with E-state index in [1.54, 1.807) is 7.11 Å². The largest absolute Gasteiger partial charge is 0.486 e. The summed E-state index contributed by atoms with van der Waals surface area (Å²) in [5, 5.41) is 6.38. The number of ether oxygens (including phenoxy) is 3. The second-order valence-corrected chi connectivity index (χ2v) is 5.28. The van der Waals surface area contributed by atoms with Crippen LogP contribution in [0.4, 0.5) is 0 Å². The topological polar surface area (TPSA) is 68.8 Å².